The van der Waals surface area contributed by atoms with Gasteiger partial charge in [0.1, 0.15) is 17.4 Å². The Balaban J connectivity index is 1.33. The lowest BCUT2D eigenvalue weighted by atomic mass is 9.83. The first-order chi connectivity index (χ1) is 21.3. The molecule has 1 heterocycles. The summed E-state index contributed by atoms with van der Waals surface area (Å²) < 4.78 is 32.7. The Labute approximate surface area is 263 Å². The van der Waals surface area contributed by atoms with E-state index < -0.39 is 56.2 Å². The summed E-state index contributed by atoms with van der Waals surface area (Å²) in [5.74, 6) is -4.03. The molecule has 1 aromatic carbocycles. The fourth-order valence-corrected chi connectivity index (χ4v) is 7.74. The molecule has 0 spiro atoms. The van der Waals surface area contributed by atoms with Crippen LogP contribution in [0.5, 0.6) is 0 Å². The van der Waals surface area contributed by atoms with Crippen LogP contribution in [-0.2, 0) is 29.1 Å². The first-order valence-electron chi connectivity index (χ1n) is 15.7. The highest BCUT2D eigenvalue weighted by Gasteiger charge is 2.63. The molecule has 3 fully saturated rings. The largest absolute Gasteiger partial charge is 0.446 e. The lowest BCUT2D eigenvalue weighted by Gasteiger charge is -2.25. The number of carbonyl (C=O) groups is 5. The van der Waals surface area contributed by atoms with E-state index in [4.69, 9.17) is 4.74 Å². The second kappa shape index (κ2) is 12.6. The number of allylic oxidation sites excluding steroid dienone is 1. The second-order valence-corrected chi connectivity index (χ2v) is 15.4. The molecule has 6 atom stereocenters. The normalized spacial score (nSPS) is 31.6. The molecule has 3 aliphatic carbocycles. The van der Waals surface area contributed by atoms with E-state index in [1.165, 1.54) is 13.1 Å². The van der Waals surface area contributed by atoms with Crippen LogP contribution >= 0.6 is 0 Å². The van der Waals surface area contributed by atoms with Gasteiger partial charge in [0.15, 0.2) is 0 Å². The number of carbonyl (C=O) groups excluding carboxylic acids is 5. The third-order valence-electron chi connectivity index (χ3n) is 9.80. The molecule has 0 bridgehead atoms. The summed E-state index contributed by atoms with van der Waals surface area (Å²) in [5, 5.41) is 7.97. The molecule has 45 heavy (non-hydrogen) atoms. The smallest absolute Gasteiger partial charge is 0.411 e. The summed E-state index contributed by atoms with van der Waals surface area (Å²) in [5.41, 5.74) is -0.751. The number of amides is 4. The number of sulfonamides is 1. The van der Waals surface area contributed by atoms with Gasteiger partial charge in [0.05, 0.1) is 10.7 Å². The topological polar surface area (TPSA) is 177 Å². The van der Waals surface area contributed by atoms with Crippen LogP contribution in [-0.4, -0.2) is 61.5 Å². The number of anilines is 1. The zero-order chi connectivity index (χ0) is 32.6. The van der Waals surface area contributed by atoms with E-state index in [1.54, 1.807) is 25.1 Å². The van der Waals surface area contributed by atoms with Crippen molar-refractivity contribution >= 4 is 45.3 Å². The molecule has 1 aromatic rings. The van der Waals surface area contributed by atoms with Gasteiger partial charge in [0.25, 0.3) is 11.8 Å². The SMILES string of the molecule is CNC(=O)c1cccc(NC(=O)O[C@@H]2C[C@H]3C(=O)N[C@]4(C(=O)NS(=O)(=O)C5(C)CC5)C[C@H]4/C=C\CCCCC(C)C(=O)[C@@H]3C2)c1. The molecule has 0 radical (unpaired) electrons. The van der Waals surface area contributed by atoms with Crippen molar-refractivity contribution < 1.29 is 37.1 Å². The Bertz CT molecular complexity index is 1520. The number of fused-ring (bicyclic) bond motifs is 2. The lowest BCUT2D eigenvalue weighted by molar-refractivity contribution is -0.136. The van der Waals surface area contributed by atoms with Crippen molar-refractivity contribution in [3.63, 3.8) is 0 Å². The summed E-state index contributed by atoms with van der Waals surface area (Å²) in [4.78, 5) is 65.9. The van der Waals surface area contributed by atoms with Gasteiger partial charge in [-0.1, -0.05) is 31.6 Å². The van der Waals surface area contributed by atoms with E-state index in [0.29, 0.717) is 30.5 Å². The van der Waals surface area contributed by atoms with Crippen molar-refractivity contribution in [2.24, 2.45) is 23.7 Å². The predicted octanol–water partition coefficient (Wildman–Crippen LogP) is 3.20. The van der Waals surface area contributed by atoms with E-state index in [-0.39, 0.29) is 42.8 Å². The van der Waals surface area contributed by atoms with Crippen LogP contribution in [0.15, 0.2) is 36.4 Å². The van der Waals surface area contributed by atoms with E-state index in [9.17, 15) is 32.4 Å². The van der Waals surface area contributed by atoms with E-state index in [2.05, 4.69) is 20.7 Å². The highest BCUT2D eigenvalue weighted by Crippen LogP contribution is 2.48. The predicted molar refractivity (Wildman–Crippen MR) is 165 cm³/mol. The number of ketones is 1. The minimum absolute atomic E-state index is 0.0647. The van der Waals surface area contributed by atoms with E-state index >= 15 is 0 Å². The average Bonchev–Trinajstić information content (AvgIpc) is 3.88. The Kier molecular flexibility index (Phi) is 9.12. The molecule has 1 unspecified atom stereocenters. The van der Waals surface area contributed by atoms with Crippen molar-refractivity contribution in [3.8, 4) is 0 Å². The molecule has 3 saturated carbocycles. The van der Waals surface area contributed by atoms with Crippen molar-refractivity contribution in [1.82, 2.24) is 15.4 Å². The van der Waals surface area contributed by atoms with Crippen LogP contribution in [0.2, 0.25) is 0 Å². The fourth-order valence-electron chi connectivity index (χ4n) is 6.43. The number of benzene rings is 1. The fraction of sp³-hybridized carbons (Fsp3) is 0.594. The minimum atomic E-state index is -3.93. The first-order valence-corrected chi connectivity index (χ1v) is 17.2. The van der Waals surface area contributed by atoms with Crippen LogP contribution < -0.4 is 20.7 Å². The Morgan fingerprint density at radius 2 is 1.80 bits per heavy atom. The number of hydrogen-bond acceptors (Lipinski definition) is 8. The molecule has 5 rings (SSSR count). The third kappa shape index (κ3) is 6.92. The molecule has 0 saturated heterocycles. The van der Waals surface area contributed by atoms with E-state index in [0.717, 1.165) is 19.3 Å². The number of nitrogens with one attached hydrogen (secondary N) is 4. The van der Waals surface area contributed by atoms with Crippen molar-refractivity contribution in [3.05, 3.63) is 42.0 Å². The van der Waals surface area contributed by atoms with Gasteiger partial charge in [-0.3, -0.25) is 29.2 Å². The molecule has 244 valence electrons. The van der Waals surface area contributed by atoms with Gasteiger partial charge >= 0.3 is 6.09 Å². The number of ether oxygens (including phenoxy) is 1. The van der Waals surface area contributed by atoms with Crippen LogP contribution in [0.3, 0.4) is 0 Å². The summed E-state index contributed by atoms with van der Waals surface area (Å²) in [7, 11) is -2.43. The quantitative estimate of drug-likeness (QED) is 0.342. The number of Topliss-reactive ketones (excluding diaryl/α,β-unsaturated/α-hetero) is 1. The molecule has 4 aliphatic rings. The van der Waals surface area contributed by atoms with Gasteiger partial charge < -0.3 is 15.4 Å². The summed E-state index contributed by atoms with van der Waals surface area (Å²) in [6.07, 6.45) is 6.69. The molecule has 4 amide bonds. The highest BCUT2D eigenvalue weighted by molar-refractivity contribution is 7.91. The van der Waals surface area contributed by atoms with Crippen molar-refractivity contribution in [2.75, 3.05) is 12.4 Å². The monoisotopic (exact) mass is 642 g/mol. The molecule has 12 nitrogen and oxygen atoms in total. The highest BCUT2D eigenvalue weighted by atomic mass is 32.2. The first kappa shape index (κ1) is 32.6. The third-order valence-corrected chi connectivity index (χ3v) is 12.0. The maximum Gasteiger partial charge on any atom is 0.411 e. The van der Waals surface area contributed by atoms with Crippen LogP contribution in [0.4, 0.5) is 10.5 Å². The maximum atomic E-state index is 13.9. The van der Waals surface area contributed by atoms with Crippen molar-refractivity contribution in [2.45, 2.75) is 88.0 Å². The standard InChI is InChI=1S/C32H42N4O8S/c1-19-9-6-4-5-7-11-21-18-32(21,29(40)36-45(42,43)31(2)13-14-31)35-28(39)25-17-23(16-24(25)26(19)37)44-30(41)34-22-12-8-10-20(15-22)27(38)33-3/h7-8,10-12,15,19,21,23-25H,4-6,9,13-14,16-18H2,1-3H3,(H,33,38)(H,34,41)(H,35,39)(H,36,40)/b11-7-/t19?,21-,23+,24-,25-,32-/m1/s1. The van der Waals surface area contributed by atoms with Gasteiger partial charge in [0, 0.05) is 36.1 Å². The second-order valence-electron chi connectivity index (χ2n) is 13.2. The zero-order valence-corrected chi connectivity index (χ0v) is 26.7. The molecule has 13 heteroatoms. The number of rotatable bonds is 6. The van der Waals surface area contributed by atoms with Gasteiger partial charge in [-0.25, -0.2) is 13.2 Å². The van der Waals surface area contributed by atoms with Crippen LogP contribution in [0.25, 0.3) is 0 Å². The molecule has 0 aromatic heterocycles. The Hall–Kier alpha value is -3.74. The molecule has 4 N–H and O–H groups in total. The van der Waals surface area contributed by atoms with Crippen molar-refractivity contribution in [1.29, 1.82) is 0 Å². The zero-order valence-electron chi connectivity index (χ0n) is 25.9. The lowest BCUT2D eigenvalue weighted by Crippen LogP contribution is -2.55. The minimum Gasteiger partial charge on any atom is -0.446 e. The van der Waals surface area contributed by atoms with Crippen LogP contribution in [0.1, 0.15) is 82.0 Å². The average molecular weight is 643 g/mol. The summed E-state index contributed by atoms with van der Waals surface area (Å²) in [6, 6.07) is 6.32. The molecule has 1 aliphatic heterocycles. The Morgan fingerprint density at radius 1 is 1.07 bits per heavy atom. The van der Waals surface area contributed by atoms with Gasteiger partial charge in [-0.05, 0) is 76.5 Å². The van der Waals surface area contributed by atoms with Crippen LogP contribution in [0, 0.1) is 23.7 Å². The number of hydrogen-bond donors (Lipinski definition) is 4. The van der Waals surface area contributed by atoms with Gasteiger partial charge in [-0.15, -0.1) is 0 Å². The van der Waals surface area contributed by atoms with E-state index in [1.807, 2.05) is 19.1 Å². The summed E-state index contributed by atoms with van der Waals surface area (Å²) in [6.45, 7) is 3.43. The molecular formula is C32H42N4O8S. The Morgan fingerprint density at radius 3 is 2.51 bits per heavy atom. The van der Waals surface area contributed by atoms with Gasteiger partial charge in [-0.2, -0.15) is 0 Å². The molecular weight excluding hydrogens is 600 g/mol. The van der Waals surface area contributed by atoms with Gasteiger partial charge in [0.2, 0.25) is 15.9 Å². The maximum absolute atomic E-state index is 13.9. The summed E-state index contributed by atoms with van der Waals surface area (Å²) >= 11 is 0.